The van der Waals surface area contributed by atoms with Gasteiger partial charge in [-0.05, 0) is 83.6 Å². The first-order valence-electron chi connectivity index (χ1n) is 16.3. The number of rotatable bonds is 0. The molecule has 2 aliphatic heterocycles. The second kappa shape index (κ2) is 20.9. The molecular weight excluding hydrogens is 530 g/mol. The SMILES string of the molecule is CC(=O)N1CCCOCCCCOCCCN(C(C)=O)CC(C)CCN(C)CC2C=CC=C(CN(C)CCC(C)C1)N2. The molecule has 2 rings (SSSR count). The molecule has 9 nitrogen and oxygen atoms in total. The number of nitrogens with zero attached hydrogens (tertiary/aromatic N) is 4. The van der Waals surface area contributed by atoms with Crippen LogP contribution in [0.2, 0.25) is 0 Å². The highest BCUT2D eigenvalue weighted by atomic mass is 16.5. The van der Waals surface area contributed by atoms with Crippen LogP contribution in [0.3, 0.4) is 0 Å². The van der Waals surface area contributed by atoms with E-state index < -0.39 is 0 Å². The zero-order chi connectivity index (χ0) is 30.7. The van der Waals surface area contributed by atoms with E-state index in [2.05, 4.69) is 61.3 Å². The number of fused-ring (bicyclic) bond motifs is 2. The van der Waals surface area contributed by atoms with E-state index in [0.717, 1.165) is 104 Å². The molecule has 3 atom stereocenters. The van der Waals surface area contributed by atoms with Crippen LogP contribution in [0.15, 0.2) is 23.9 Å². The van der Waals surface area contributed by atoms with Gasteiger partial charge in [0.05, 0.1) is 6.04 Å². The molecule has 0 aromatic heterocycles. The fourth-order valence-electron chi connectivity index (χ4n) is 5.54. The molecule has 42 heavy (non-hydrogen) atoms. The molecule has 2 heterocycles. The molecule has 0 aromatic carbocycles. The van der Waals surface area contributed by atoms with E-state index in [0.29, 0.717) is 25.0 Å². The number of likely N-dealkylation sites (N-methyl/N-ethyl adjacent to an activating group) is 2. The van der Waals surface area contributed by atoms with Crippen LogP contribution in [0.4, 0.5) is 0 Å². The van der Waals surface area contributed by atoms with Gasteiger partial charge in [-0.3, -0.25) is 9.59 Å². The predicted octanol–water partition coefficient (Wildman–Crippen LogP) is 3.62. The Bertz CT molecular complexity index is 835. The Morgan fingerprint density at radius 2 is 1.24 bits per heavy atom. The van der Waals surface area contributed by atoms with Crippen LogP contribution >= 0.6 is 0 Å². The van der Waals surface area contributed by atoms with Gasteiger partial charge in [-0.15, -0.1) is 0 Å². The highest BCUT2D eigenvalue weighted by molar-refractivity contribution is 5.73. The van der Waals surface area contributed by atoms with Crippen molar-refractivity contribution in [1.29, 1.82) is 0 Å². The van der Waals surface area contributed by atoms with Crippen molar-refractivity contribution in [3.63, 3.8) is 0 Å². The normalized spacial score (nSPS) is 27.2. The van der Waals surface area contributed by atoms with Crippen molar-refractivity contribution >= 4 is 11.8 Å². The number of dihydropyridines is 1. The van der Waals surface area contributed by atoms with E-state index in [1.54, 1.807) is 13.8 Å². The molecule has 0 radical (unpaired) electrons. The first-order valence-corrected chi connectivity index (χ1v) is 16.3. The van der Waals surface area contributed by atoms with Gasteiger partial charge in [0.1, 0.15) is 0 Å². The minimum absolute atomic E-state index is 0.142. The third-order valence-corrected chi connectivity index (χ3v) is 8.18. The first-order chi connectivity index (χ1) is 20.1. The fourth-order valence-corrected chi connectivity index (χ4v) is 5.54. The summed E-state index contributed by atoms with van der Waals surface area (Å²) < 4.78 is 11.6. The lowest BCUT2D eigenvalue weighted by molar-refractivity contribution is -0.130. The van der Waals surface area contributed by atoms with Crippen molar-refractivity contribution in [2.24, 2.45) is 11.8 Å². The molecule has 3 unspecified atom stereocenters. The summed E-state index contributed by atoms with van der Waals surface area (Å²) in [5.74, 6) is 1.16. The molecule has 1 saturated heterocycles. The van der Waals surface area contributed by atoms with Crippen molar-refractivity contribution in [1.82, 2.24) is 24.9 Å². The largest absolute Gasteiger partial charge is 0.381 e. The van der Waals surface area contributed by atoms with E-state index in [-0.39, 0.29) is 17.9 Å². The van der Waals surface area contributed by atoms with Gasteiger partial charge in [0.25, 0.3) is 0 Å². The maximum absolute atomic E-state index is 12.2. The maximum Gasteiger partial charge on any atom is 0.219 e. The summed E-state index contributed by atoms with van der Waals surface area (Å²) in [6.07, 6.45) is 12.4. The Kier molecular flexibility index (Phi) is 18.0. The summed E-state index contributed by atoms with van der Waals surface area (Å²) in [6, 6.07) is 0.287. The summed E-state index contributed by atoms with van der Waals surface area (Å²) in [6.45, 7) is 17.5. The molecule has 0 aromatic rings. The lowest BCUT2D eigenvalue weighted by Crippen LogP contribution is -2.42. The van der Waals surface area contributed by atoms with Crippen LogP contribution in [0, 0.1) is 11.8 Å². The van der Waals surface area contributed by atoms with Crippen LogP contribution in [-0.4, -0.2) is 130 Å². The second-order valence-electron chi connectivity index (χ2n) is 12.7. The van der Waals surface area contributed by atoms with E-state index >= 15 is 0 Å². The summed E-state index contributed by atoms with van der Waals surface area (Å²) in [4.78, 5) is 33.2. The maximum atomic E-state index is 12.2. The van der Waals surface area contributed by atoms with Crippen molar-refractivity contribution < 1.29 is 19.1 Å². The van der Waals surface area contributed by atoms with Crippen molar-refractivity contribution in [2.45, 2.75) is 72.3 Å². The monoisotopic (exact) mass is 591 g/mol. The first kappa shape index (κ1) is 36.3. The minimum atomic E-state index is 0.142. The van der Waals surface area contributed by atoms with Gasteiger partial charge in [-0.25, -0.2) is 0 Å². The lowest BCUT2D eigenvalue weighted by atomic mass is 10.1. The highest BCUT2D eigenvalue weighted by Gasteiger charge is 2.18. The molecule has 2 bridgehead atoms. The zero-order valence-electron chi connectivity index (χ0n) is 27.6. The molecule has 242 valence electrons. The molecule has 2 amide bonds. The van der Waals surface area contributed by atoms with Crippen LogP contribution in [-0.2, 0) is 19.1 Å². The van der Waals surface area contributed by atoms with Gasteiger partial charge in [0.15, 0.2) is 0 Å². The lowest BCUT2D eigenvalue weighted by Gasteiger charge is -2.30. The summed E-state index contributed by atoms with van der Waals surface area (Å²) in [5.41, 5.74) is 1.25. The Morgan fingerprint density at radius 1 is 0.738 bits per heavy atom. The van der Waals surface area contributed by atoms with Crippen LogP contribution in [0.5, 0.6) is 0 Å². The van der Waals surface area contributed by atoms with Crippen molar-refractivity contribution in [3.05, 3.63) is 23.9 Å². The highest BCUT2D eigenvalue weighted by Crippen LogP contribution is 2.12. The number of nitrogens with one attached hydrogen (secondary N) is 1. The third kappa shape index (κ3) is 16.1. The second-order valence-corrected chi connectivity index (χ2v) is 12.7. The standard InChI is InChI=1S/C33H61N5O4/c1-28-14-18-35(5)26-32-12-9-13-33(34-32)27-36(6)19-15-29(2)25-38(31(4)40)17-11-23-42-21-8-7-20-41-22-10-16-37(24-28)30(3)39/h9,12-13,28-29,32,34H,7-8,10-11,14-27H2,1-6H3. The van der Waals surface area contributed by atoms with Gasteiger partial charge in [0, 0.05) is 85.2 Å². The van der Waals surface area contributed by atoms with Crippen molar-refractivity contribution in [2.75, 3.05) is 92.9 Å². The fraction of sp³-hybridized carbons (Fsp3) is 0.818. The minimum Gasteiger partial charge on any atom is -0.381 e. The molecule has 9 heteroatoms. The number of ether oxygens (including phenoxy) is 2. The number of amides is 2. The van der Waals surface area contributed by atoms with Gasteiger partial charge < -0.3 is 34.4 Å². The van der Waals surface area contributed by atoms with E-state index in [4.69, 9.17) is 9.47 Å². The molecule has 2 aliphatic rings. The number of hydrogen-bond acceptors (Lipinski definition) is 7. The number of hydrogen-bond donors (Lipinski definition) is 1. The zero-order valence-corrected chi connectivity index (χ0v) is 27.6. The third-order valence-electron chi connectivity index (χ3n) is 8.18. The van der Waals surface area contributed by atoms with Gasteiger partial charge >= 0.3 is 0 Å². The van der Waals surface area contributed by atoms with Gasteiger partial charge in [0.2, 0.25) is 11.8 Å². The average molecular weight is 592 g/mol. The molecule has 0 saturated carbocycles. The van der Waals surface area contributed by atoms with Crippen LogP contribution in [0.1, 0.15) is 66.2 Å². The summed E-state index contributed by atoms with van der Waals surface area (Å²) in [5, 5.41) is 3.72. The quantitative estimate of drug-likeness (QED) is 0.461. The Labute approximate surface area is 256 Å². The number of carbonyl (C=O) groups is 2. The van der Waals surface area contributed by atoms with Gasteiger partial charge in [-0.2, -0.15) is 0 Å². The molecule has 0 spiro atoms. The van der Waals surface area contributed by atoms with Gasteiger partial charge in [-0.1, -0.05) is 26.0 Å². The van der Waals surface area contributed by atoms with E-state index in [1.165, 1.54) is 5.70 Å². The van der Waals surface area contributed by atoms with Crippen LogP contribution in [0.25, 0.3) is 0 Å². The topological polar surface area (TPSA) is 77.6 Å². The average Bonchev–Trinajstić information content (AvgIpc) is 2.93. The Hall–Kier alpha value is -1.94. The predicted molar refractivity (Wildman–Crippen MR) is 171 cm³/mol. The van der Waals surface area contributed by atoms with E-state index in [1.807, 2.05) is 9.80 Å². The number of allylic oxidation sites excluding steroid dienone is 2. The summed E-state index contributed by atoms with van der Waals surface area (Å²) >= 11 is 0. The number of carbonyl (C=O) groups excluding carboxylic acids is 2. The Morgan fingerprint density at radius 3 is 1.76 bits per heavy atom. The molecule has 1 N–H and O–H groups in total. The molecule has 1 fully saturated rings. The van der Waals surface area contributed by atoms with E-state index in [9.17, 15) is 9.59 Å². The van der Waals surface area contributed by atoms with Crippen LogP contribution < -0.4 is 5.32 Å². The summed E-state index contributed by atoms with van der Waals surface area (Å²) in [7, 11) is 4.36. The molecule has 0 aliphatic carbocycles. The van der Waals surface area contributed by atoms with Crippen molar-refractivity contribution in [3.8, 4) is 0 Å². The smallest absolute Gasteiger partial charge is 0.219 e. The Balaban J connectivity index is 1.91. The molecular formula is C33H61N5O4.